The van der Waals surface area contributed by atoms with Crippen molar-refractivity contribution in [3.63, 3.8) is 0 Å². The zero-order valence-electron chi connectivity index (χ0n) is 9.52. The Morgan fingerprint density at radius 1 is 1.06 bits per heavy atom. The number of benzene rings is 1. The molecule has 0 saturated heterocycles. The van der Waals surface area contributed by atoms with Crippen molar-refractivity contribution in [1.29, 1.82) is 0 Å². The van der Waals surface area contributed by atoms with Crippen LogP contribution in [-0.2, 0) is 6.42 Å². The van der Waals surface area contributed by atoms with Crippen LogP contribution in [0.15, 0.2) is 18.2 Å². The number of hydrogen-bond donors (Lipinski definition) is 0. The summed E-state index contributed by atoms with van der Waals surface area (Å²) in [7, 11) is 0. The molecule has 1 aromatic rings. The minimum Gasteiger partial charge on any atom is -0.207 e. The van der Waals surface area contributed by atoms with Gasteiger partial charge in [-0.3, -0.25) is 0 Å². The topological polar surface area (TPSA) is 0 Å². The highest BCUT2D eigenvalue weighted by Crippen LogP contribution is 2.27. The molecule has 1 aliphatic rings. The van der Waals surface area contributed by atoms with Gasteiger partial charge < -0.3 is 0 Å². The smallest absolute Gasteiger partial charge is 0.126 e. The summed E-state index contributed by atoms with van der Waals surface area (Å²) >= 11 is 0. The van der Waals surface area contributed by atoms with Gasteiger partial charge in [-0.05, 0) is 42.5 Å². The molecule has 0 amide bonds. The standard InChI is InChI=1S/C14H18F2/c15-13-8-9-14(16)12(10-13)7-6-11-4-2-1-3-5-11/h8-11H,1-7H2. The molecule has 2 rings (SSSR count). The third-order valence-corrected chi connectivity index (χ3v) is 3.55. The van der Waals surface area contributed by atoms with Crippen molar-refractivity contribution in [1.82, 2.24) is 0 Å². The lowest BCUT2D eigenvalue weighted by Crippen LogP contribution is -2.07. The first-order chi connectivity index (χ1) is 7.75. The van der Waals surface area contributed by atoms with Gasteiger partial charge in [-0.15, -0.1) is 0 Å². The fraction of sp³-hybridized carbons (Fsp3) is 0.571. The summed E-state index contributed by atoms with van der Waals surface area (Å²) in [5, 5.41) is 0. The average molecular weight is 224 g/mol. The SMILES string of the molecule is Fc1ccc(F)c(CCC2CCCCC2)c1. The van der Waals surface area contributed by atoms with Crippen molar-refractivity contribution in [3.8, 4) is 0 Å². The van der Waals surface area contributed by atoms with Gasteiger partial charge in [0.25, 0.3) is 0 Å². The molecule has 1 aromatic carbocycles. The number of hydrogen-bond acceptors (Lipinski definition) is 0. The lowest BCUT2D eigenvalue weighted by atomic mass is 9.85. The molecule has 2 heteroatoms. The minimum atomic E-state index is -0.333. The van der Waals surface area contributed by atoms with Crippen molar-refractivity contribution in [3.05, 3.63) is 35.4 Å². The van der Waals surface area contributed by atoms with Gasteiger partial charge in [-0.25, -0.2) is 8.78 Å². The van der Waals surface area contributed by atoms with E-state index in [0.717, 1.165) is 12.3 Å². The number of rotatable bonds is 3. The molecular weight excluding hydrogens is 206 g/mol. The van der Waals surface area contributed by atoms with E-state index >= 15 is 0 Å². The Morgan fingerprint density at radius 3 is 2.56 bits per heavy atom. The average Bonchev–Trinajstić information content (AvgIpc) is 2.32. The van der Waals surface area contributed by atoms with Crippen LogP contribution >= 0.6 is 0 Å². The Labute approximate surface area is 95.7 Å². The van der Waals surface area contributed by atoms with Crippen molar-refractivity contribution >= 4 is 0 Å². The lowest BCUT2D eigenvalue weighted by Gasteiger charge is -2.21. The third-order valence-electron chi connectivity index (χ3n) is 3.55. The maximum Gasteiger partial charge on any atom is 0.126 e. The molecule has 0 heterocycles. The first kappa shape index (κ1) is 11.6. The zero-order valence-corrected chi connectivity index (χ0v) is 9.52. The summed E-state index contributed by atoms with van der Waals surface area (Å²) in [5.41, 5.74) is 0.533. The predicted molar refractivity (Wildman–Crippen MR) is 61.3 cm³/mol. The molecule has 0 N–H and O–H groups in total. The van der Waals surface area contributed by atoms with E-state index in [-0.39, 0.29) is 11.6 Å². The maximum absolute atomic E-state index is 13.4. The van der Waals surface area contributed by atoms with Crippen LogP contribution in [0.1, 0.15) is 44.1 Å². The molecule has 1 fully saturated rings. The van der Waals surface area contributed by atoms with Crippen molar-refractivity contribution < 1.29 is 8.78 Å². The largest absolute Gasteiger partial charge is 0.207 e. The van der Waals surface area contributed by atoms with Crippen LogP contribution in [0.4, 0.5) is 8.78 Å². The van der Waals surface area contributed by atoms with Crippen LogP contribution in [0.2, 0.25) is 0 Å². The molecule has 0 aromatic heterocycles. The van der Waals surface area contributed by atoms with Gasteiger partial charge in [0.2, 0.25) is 0 Å². The number of aryl methyl sites for hydroxylation is 1. The second kappa shape index (κ2) is 5.42. The van der Waals surface area contributed by atoms with Gasteiger partial charge in [0.15, 0.2) is 0 Å². The van der Waals surface area contributed by atoms with Gasteiger partial charge in [0.1, 0.15) is 11.6 Å². The molecule has 0 spiro atoms. The van der Waals surface area contributed by atoms with E-state index in [1.165, 1.54) is 50.3 Å². The summed E-state index contributed by atoms with van der Waals surface area (Å²) in [6.07, 6.45) is 8.14. The molecule has 0 unspecified atom stereocenters. The highest BCUT2D eigenvalue weighted by atomic mass is 19.1. The molecule has 88 valence electrons. The monoisotopic (exact) mass is 224 g/mol. The summed E-state index contributed by atoms with van der Waals surface area (Å²) in [4.78, 5) is 0. The Balaban J connectivity index is 1.90. The van der Waals surface area contributed by atoms with Gasteiger partial charge in [-0.2, -0.15) is 0 Å². The third kappa shape index (κ3) is 3.03. The normalized spacial score (nSPS) is 17.6. The summed E-state index contributed by atoms with van der Waals surface area (Å²) in [5.74, 6) is 0.119. The maximum atomic E-state index is 13.4. The molecule has 1 saturated carbocycles. The highest BCUT2D eigenvalue weighted by Gasteiger charge is 2.14. The molecule has 0 atom stereocenters. The predicted octanol–water partition coefficient (Wildman–Crippen LogP) is 4.48. The van der Waals surface area contributed by atoms with Crippen LogP contribution in [0, 0.1) is 17.6 Å². The van der Waals surface area contributed by atoms with Crippen LogP contribution in [0.3, 0.4) is 0 Å². The Bertz CT molecular complexity index is 341. The van der Waals surface area contributed by atoms with E-state index in [1.807, 2.05) is 0 Å². The summed E-state index contributed by atoms with van der Waals surface area (Å²) in [6.45, 7) is 0. The highest BCUT2D eigenvalue weighted by molar-refractivity contribution is 5.18. The lowest BCUT2D eigenvalue weighted by molar-refractivity contribution is 0.338. The van der Waals surface area contributed by atoms with Crippen molar-refractivity contribution in [2.24, 2.45) is 5.92 Å². The first-order valence-electron chi connectivity index (χ1n) is 6.19. The van der Waals surface area contributed by atoms with Crippen molar-refractivity contribution in [2.75, 3.05) is 0 Å². The van der Waals surface area contributed by atoms with Gasteiger partial charge in [0.05, 0.1) is 0 Å². The van der Waals surface area contributed by atoms with E-state index in [2.05, 4.69) is 0 Å². The fourth-order valence-corrected chi connectivity index (χ4v) is 2.57. The second-order valence-electron chi connectivity index (χ2n) is 4.78. The van der Waals surface area contributed by atoms with Crippen molar-refractivity contribution in [2.45, 2.75) is 44.9 Å². The van der Waals surface area contributed by atoms with Crippen LogP contribution in [0.25, 0.3) is 0 Å². The van der Waals surface area contributed by atoms with E-state index in [4.69, 9.17) is 0 Å². The zero-order chi connectivity index (χ0) is 11.4. The molecule has 0 aliphatic heterocycles. The van der Waals surface area contributed by atoms with E-state index in [9.17, 15) is 8.78 Å². The Hall–Kier alpha value is -0.920. The molecule has 0 radical (unpaired) electrons. The summed E-state index contributed by atoms with van der Waals surface area (Å²) in [6, 6.07) is 3.74. The van der Waals surface area contributed by atoms with Gasteiger partial charge in [-0.1, -0.05) is 32.1 Å². The van der Waals surface area contributed by atoms with E-state index < -0.39 is 0 Å². The van der Waals surface area contributed by atoms with Crippen LogP contribution in [0.5, 0.6) is 0 Å². The second-order valence-corrected chi connectivity index (χ2v) is 4.78. The quantitative estimate of drug-likeness (QED) is 0.710. The van der Waals surface area contributed by atoms with Crippen LogP contribution in [-0.4, -0.2) is 0 Å². The van der Waals surface area contributed by atoms with Crippen LogP contribution < -0.4 is 0 Å². The number of halogens is 2. The van der Waals surface area contributed by atoms with E-state index in [0.29, 0.717) is 12.0 Å². The summed E-state index contributed by atoms with van der Waals surface area (Å²) < 4.78 is 26.3. The molecular formula is C14H18F2. The molecule has 1 aliphatic carbocycles. The Kier molecular flexibility index (Phi) is 3.92. The fourth-order valence-electron chi connectivity index (χ4n) is 2.57. The Morgan fingerprint density at radius 2 is 1.81 bits per heavy atom. The molecule has 16 heavy (non-hydrogen) atoms. The van der Waals surface area contributed by atoms with E-state index in [1.54, 1.807) is 0 Å². The van der Waals surface area contributed by atoms with Gasteiger partial charge in [0, 0.05) is 0 Å². The molecule has 0 bridgehead atoms. The molecule has 0 nitrogen and oxygen atoms in total. The first-order valence-corrected chi connectivity index (χ1v) is 6.19. The minimum absolute atomic E-state index is 0.266. The van der Waals surface area contributed by atoms with Gasteiger partial charge >= 0.3 is 0 Å².